The van der Waals surface area contributed by atoms with E-state index in [4.69, 9.17) is 27.9 Å². The molecule has 0 aliphatic rings. The van der Waals surface area contributed by atoms with Gasteiger partial charge in [0.1, 0.15) is 12.4 Å². The second-order valence-corrected chi connectivity index (χ2v) is 8.33. The molecular weight excluding hydrogens is 518 g/mol. The lowest BCUT2D eigenvalue weighted by atomic mass is 10.2. The van der Waals surface area contributed by atoms with E-state index >= 15 is 0 Å². The van der Waals surface area contributed by atoms with E-state index < -0.39 is 0 Å². The first-order valence-corrected chi connectivity index (χ1v) is 10.5. The van der Waals surface area contributed by atoms with Crippen molar-refractivity contribution in [2.75, 3.05) is 0 Å². The van der Waals surface area contributed by atoms with Crippen LogP contribution in [0.25, 0.3) is 0 Å². The van der Waals surface area contributed by atoms with E-state index in [-0.39, 0.29) is 5.91 Å². The van der Waals surface area contributed by atoms with E-state index in [1.54, 1.807) is 24.4 Å². The third-order valence-electron chi connectivity index (χ3n) is 3.46. The van der Waals surface area contributed by atoms with Gasteiger partial charge in [0.25, 0.3) is 5.91 Å². The number of rotatable bonds is 6. The van der Waals surface area contributed by atoms with Gasteiger partial charge in [-0.05, 0) is 75.5 Å². The van der Waals surface area contributed by atoms with Crippen molar-refractivity contribution < 1.29 is 9.53 Å². The van der Waals surface area contributed by atoms with Gasteiger partial charge in [-0.3, -0.25) is 4.79 Å². The molecule has 0 aliphatic carbocycles. The molecule has 0 saturated carbocycles. The Labute approximate surface area is 184 Å². The highest BCUT2D eigenvalue weighted by atomic mass is 127. The van der Waals surface area contributed by atoms with Crippen molar-refractivity contribution in [3.63, 3.8) is 0 Å². The van der Waals surface area contributed by atoms with Gasteiger partial charge < -0.3 is 4.74 Å². The molecule has 0 fully saturated rings. The molecule has 1 amide bonds. The van der Waals surface area contributed by atoms with Gasteiger partial charge in [0.15, 0.2) is 0 Å². The van der Waals surface area contributed by atoms with Gasteiger partial charge in [0.2, 0.25) is 0 Å². The zero-order valence-corrected chi connectivity index (χ0v) is 18.3. The smallest absolute Gasteiger partial charge is 0.281 e. The van der Waals surface area contributed by atoms with Crippen LogP contribution in [-0.2, 0) is 6.61 Å². The SMILES string of the molecule is O=C(NN=Cc1ccc(OCc2ccc(Cl)c(Cl)c2)c(I)c1)c1cccs1. The van der Waals surface area contributed by atoms with Crippen LogP contribution in [0, 0.1) is 3.57 Å². The fourth-order valence-electron chi connectivity index (χ4n) is 2.13. The van der Waals surface area contributed by atoms with Crippen molar-refractivity contribution in [2.24, 2.45) is 5.10 Å². The minimum Gasteiger partial charge on any atom is -0.488 e. The molecule has 27 heavy (non-hydrogen) atoms. The predicted octanol–water partition coefficient (Wildman–Crippen LogP) is 6.00. The average molecular weight is 531 g/mol. The normalized spacial score (nSPS) is 10.9. The van der Waals surface area contributed by atoms with E-state index in [2.05, 4.69) is 33.1 Å². The van der Waals surface area contributed by atoms with E-state index in [0.717, 1.165) is 20.4 Å². The van der Waals surface area contributed by atoms with Gasteiger partial charge in [-0.15, -0.1) is 11.3 Å². The molecule has 0 radical (unpaired) electrons. The van der Waals surface area contributed by atoms with Crippen LogP contribution in [0.2, 0.25) is 10.0 Å². The van der Waals surface area contributed by atoms with E-state index in [1.807, 2.05) is 35.7 Å². The van der Waals surface area contributed by atoms with Crippen LogP contribution in [0.1, 0.15) is 20.8 Å². The number of ether oxygens (including phenoxy) is 1. The van der Waals surface area contributed by atoms with Gasteiger partial charge in [0.05, 0.1) is 24.7 Å². The Kier molecular flexibility index (Phi) is 7.12. The Hall–Kier alpha value is -1.61. The molecule has 2 aromatic carbocycles. The molecule has 0 aliphatic heterocycles. The topological polar surface area (TPSA) is 50.7 Å². The third kappa shape index (κ3) is 5.68. The summed E-state index contributed by atoms with van der Waals surface area (Å²) < 4.78 is 6.77. The minimum absolute atomic E-state index is 0.225. The van der Waals surface area contributed by atoms with Crippen LogP contribution in [0.4, 0.5) is 0 Å². The van der Waals surface area contributed by atoms with Gasteiger partial charge in [-0.2, -0.15) is 5.10 Å². The summed E-state index contributed by atoms with van der Waals surface area (Å²) >= 11 is 15.5. The number of halogens is 3. The molecule has 3 aromatic rings. The maximum Gasteiger partial charge on any atom is 0.281 e. The minimum atomic E-state index is -0.225. The van der Waals surface area contributed by atoms with Gasteiger partial charge in [0, 0.05) is 0 Å². The third-order valence-corrected chi connectivity index (χ3v) is 5.91. The first kappa shape index (κ1) is 20.1. The second-order valence-electron chi connectivity index (χ2n) is 5.40. The highest BCUT2D eigenvalue weighted by molar-refractivity contribution is 14.1. The molecule has 0 saturated heterocycles. The largest absolute Gasteiger partial charge is 0.488 e. The van der Waals surface area contributed by atoms with Crippen LogP contribution in [0.3, 0.4) is 0 Å². The molecule has 8 heteroatoms. The number of nitrogens with one attached hydrogen (secondary N) is 1. The lowest BCUT2D eigenvalue weighted by molar-refractivity contribution is 0.0959. The van der Waals surface area contributed by atoms with Crippen molar-refractivity contribution in [1.29, 1.82) is 0 Å². The molecular formula is C19H13Cl2IN2O2S. The molecule has 0 atom stereocenters. The van der Waals surface area contributed by atoms with Gasteiger partial charge in [-0.1, -0.05) is 35.3 Å². The molecule has 0 bridgehead atoms. The van der Waals surface area contributed by atoms with Crippen LogP contribution in [0.5, 0.6) is 5.75 Å². The van der Waals surface area contributed by atoms with Crippen LogP contribution >= 0.6 is 57.1 Å². The fraction of sp³-hybridized carbons (Fsp3) is 0.0526. The molecule has 1 heterocycles. The quantitative estimate of drug-likeness (QED) is 0.241. The van der Waals surface area contributed by atoms with Crippen LogP contribution < -0.4 is 10.2 Å². The predicted molar refractivity (Wildman–Crippen MR) is 119 cm³/mol. The molecule has 0 spiro atoms. The molecule has 0 unspecified atom stereocenters. The second kappa shape index (κ2) is 9.54. The Morgan fingerprint density at radius 1 is 1.19 bits per heavy atom. The summed E-state index contributed by atoms with van der Waals surface area (Å²) in [4.78, 5) is 12.4. The number of carbonyl (C=O) groups excluding carboxylic acids is 1. The maximum absolute atomic E-state index is 11.8. The standard InChI is InChI=1S/C19H13Cl2IN2O2S/c20-14-5-3-13(8-15(14)21)11-26-17-6-4-12(9-16(17)22)10-23-24-19(25)18-2-1-7-27-18/h1-10H,11H2,(H,24,25). The first-order valence-electron chi connectivity index (χ1n) is 7.76. The summed E-state index contributed by atoms with van der Waals surface area (Å²) in [7, 11) is 0. The first-order chi connectivity index (χ1) is 13.0. The summed E-state index contributed by atoms with van der Waals surface area (Å²) in [5, 5.41) is 6.86. The zero-order chi connectivity index (χ0) is 19.2. The summed E-state index contributed by atoms with van der Waals surface area (Å²) in [6.45, 7) is 0.386. The van der Waals surface area contributed by atoms with Crippen LogP contribution in [-0.4, -0.2) is 12.1 Å². The molecule has 1 N–H and O–H groups in total. The van der Waals surface area contributed by atoms with Gasteiger partial charge in [-0.25, -0.2) is 5.43 Å². The summed E-state index contributed by atoms with van der Waals surface area (Å²) in [6.07, 6.45) is 1.59. The summed E-state index contributed by atoms with van der Waals surface area (Å²) in [5.74, 6) is 0.527. The van der Waals surface area contributed by atoms with E-state index in [1.165, 1.54) is 11.3 Å². The molecule has 4 nitrogen and oxygen atoms in total. The lowest BCUT2D eigenvalue weighted by Crippen LogP contribution is -2.16. The number of hydrogen-bond acceptors (Lipinski definition) is 4. The van der Waals surface area contributed by atoms with Gasteiger partial charge >= 0.3 is 0 Å². The molecule has 138 valence electrons. The summed E-state index contributed by atoms with van der Waals surface area (Å²) in [6, 6.07) is 14.6. The fourth-order valence-corrected chi connectivity index (χ4v) is 3.76. The summed E-state index contributed by atoms with van der Waals surface area (Å²) in [5.41, 5.74) is 4.29. The Bertz CT molecular complexity index is 978. The van der Waals surface area contributed by atoms with E-state index in [9.17, 15) is 4.79 Å². The number of carbonyl (C=O) groups is 1. The molecule has 1 aromatic heterocycles. The Morgan fingerprint density at radius 3 is 2.74 bits per heavy atom. The Balaban J connectivity index is 1.59. The van der Waals surface area contributed by atoms with Crippen molar-refractivity contribution in [1.82, 2.24) is 5.43 Å². The number of hydrazone groups is 1. The molecule has 3 rings (SSSR count). The zero-order valence-electron chi connectivity index (χ0n) is 13.8. The average Bonchev–Trinajstić information content (AvgIpc) is 3.18. The highest BCUT2D eigenvalue weighted by Crippen LogP contribution is 2.25. The van der Waals surface area contributed by atoms with E-state index in [0.29, 0.717) is 21.5 Å². The van der Waals surface area contributed by atoms with Crippen molar-refractivity contribution in [3.8, 4) is 5.75 Å². The number of hydrogen-bond donors (Lipinski definition) is 1. The maximum atomic E-state index is 11.8. The monoisotopic (exact) mass is 530 g/mol. The highest BCUT2D eigenvalue weighted by Gasteiger charge is 2.06. The van der Waals surface area contributed by atoms with Crippen molar-refractivity contribution in [2.45, 2.75) is 6.61 Å². The number of thiophene rings is 1. The Morgan fingerprint density at radius 2 is 2.04 bits per heavy atom. The number of benzene rings is 2. The number of amides is 1. The van der Waals surface area contributed by atoms with Crippen molar-refractivity contribution >= 4 is 69.3 Å². The lowest BCUT2D eigenvalue weighted by Gasteiger charge is -2.09. The number of nitrogens with zero attached hydrogens (tertiary/aromatic N) is 1. The van der Waals surface area contributed by atoms with Crippen molar-refractivity contribution in [3.05, 3.63) is 83.5 Å². The van der Waals surface area contributed by atoms with Crippen LogP contribution in [0.15, 0.2) is 59.0 Å².